The molecule has 0 aromatic heterocycles. The van der Waals surface area contributed by atoms with Gasteiger partial charge in [0.2, 0.25) is 0 Å². The van der Waals surface area contributed by atoms with Crippen LogP contribution < -0.4 is 34.0 Å². The van der Waals surface area contributed by atoms with Crippen molar-refractivity contribution >= 4 is 6.08 Å². The zero-order valence-electron chi connectivity index (χ0n) is 7.93. The topological polar surface area (TPSA) is 0 Å². The summed E-state index contributed by atoms with van der Waals surface area (Å²) in [6, 6.07) is 8.52. The van der Waals surface area contributed by atoms with Gasteiger partial charge in [0.05, 0.1) is 0 Å². The Morgan fingerprint density at radius 1 is 1.21 bits per heavy atom. The van der Waals surface area contributed by atoms with Gasteiger partial charge in [-0.05, 0) is 0 Å². The third kappa shape index (κ3) is 3.43. The molecular formula is C11H11Br2Zr. The Hall–Kier alpha value is 0.803. The van der Waals surface area contributed by atoms with Crippen LogP contribution in [-0.2, 0) is 26.2 Å². The third-order valence-corrected chi connectivity index (χ3v) is 2.22. The van der Waals surface area contributed by atoms with Crippen LogP contribution in [0.1, 0.15) is 30.4 Å². The van der Waals surface area contributed by atoms with E-state index in [4.69, 9.17) is 0 Å². The molecule has 1 radical (unpaired) electrons. The molecule has 1 unspecified atom stereocenters. The van der Waals surface area contributed by atoms with Gasteiger partial charge in [-0.25, -0.2) is 6.08 Å². The van der Waals surface area contributed by atoms with Crippen molar-refractivity contribution in [2.75, 3.05) is 0 Å². The summed E-state index contributed by atoms with van der Waals surface area (Å²) in [4.78, 5) is 0. The van der Waals surface area contributed by atoms with Crippen LogP contribution >= 0.6 is 0 Å². The molecule has 0 bridgehead atoms. The van der Waals surface area contributed by atoms with Crippen molar-refractivity contribution in [2.45, 2.75) is 19.3 Å². The second-order valence-corrected chi connectivity index (χ2v) is 2.90. The van der Waals surface area contributed by atoms with Crippen molar-refractivity contribution in [1.29, 1.82) is 0 Å². The van der Waals surface area contributed by atoms with Gasteiger partial charge in [0.15, 0.2) is 0 Å². The molecule has 0 fully saturated rings. The summed E-state index contributed by atoms with van der Waals surface area (Å²) < 4.78 is 0. The molecule has 0 heterocycles. The molecule has 1 aliphatic carbocycles. The van der Waals surface area contributed by atoms with Crippen LogP contribution in [0.3, 0.4) is 0 Å². The van der Waals surface area contributed by atoms with E-state index in [1.807, 2.05) is 0 Å². The summed E-state index contributed by atoms with van der Waals surface area (Å²) in [5.41, 5.74) is 2.79. The second kappa shape index (κ2) is 8.01. The van der Waals surface area contributed by atoms with Gasteiger partial charge in [0.1, 0.15) is 0 Å². The monoisotopic (exact) mass is 391 g/mol. The Morgan fingerprint density at radius 3 is 2.50 bits per heavy atom. The first kappa shape index (κ1) is 17.2. The van der Waals surface area contributed by atoms with Crippen LogP contribution in [0.15, 0.2) is 24.3 Å². The van der Waals surface area contributed by atoms with E-state index in [0.29, 0.717) is 5.92 Å². The fraction of sp³-hybridized carbons (Fsp3) is 0.273. The zero-order chi connectivity index (χ0) is 7.68. The van der Waals surface area contributed by atoms with E-state index < -0.39 is 0 Å². The fourth-order valence-corrected chi connectivity index (χ4v) is 1.58. The summed E-state index contributed by atoms with van der Waals surface area (Å²) in [5.74, 6) is 0.547. The van der Waals surface area contributed by atoms with Gasteiger partial charge >= 0.3 is 26.2 Å². The Morgan fingerprint density at radius 2 is 1.86 bits per heavy atom. The molecule has 14 heavy (non-hydrogen) atoms. The van der Waals surface area contributed by atoms with Crippen LogP contribution in [0.5, 0.6) is 0 Å². The largest absolute Gasteiger partial charge is 3.00 e. The molecule has 1 aromatic carbocycles. The van der Waals surface area contributed by atoms with Crippen molar-refractivity contribution in [1.82, 2.24) is 0 Å². The van der Waals surface area contributed by atoms with Crippen molar-refractivity contribution < 1.29 is 60.2 Å². The summed E-state index contributed by atoms with van der Waals surface area (Å²) in [6.45, 7) is 2.20. The molecule has 1 aromatic rings. The number of allylic oxidation sites excluding steroid dienone is 1. The number of halogens is 2. The SMILES string of the molecule is CCC1[C-]=Cc2ccccc21.[Br-].[Br-].[Zr+3]. The standard InChI is InChI=1S/C11H11.2BrH.Zr/c1-2-9-7-8-10-5-3-4-6-11(9)10;;;/h3-6,8-9H,2H2,1H3;2*1H;/q-1;;;+3/p-2. The van der Waals surface area contributed by atoms with Crippen LogP contribution in [-0.4, -0.2) is 0 Å². The van der Waals surface area contributed by atoms with Crippen LogP contribution in [0.4, 0.5) is 0 Å². The summed E-state index contributed by atoms with van der Waals surface area (Å²) in [7, 11) is 0. The number of rotatable bonds is 1. The Kier molecular flexibility index (Phi) is 9.85. The molecule has 1 atom stereocenters. The van der Waals surface area contributed by atoms with E-state index in [9.17, 15) is 0 Å². The fourth-order valence-electron chi connectivity index (χ4n) is 1.58. The van der Waals surface area contributed by atoms with E-state index >= 15 is 0 Å². The normalized spacial score (nSPS) is 15.9. The molecule has 0 N–H and O–H groups in total. The van der Waals surface area contributed by atoms with E-state index in [2.05, 4.69) is 43.3 Å². The van der Waals surface area contributed by atoms with E-state index in [0.717, 1.165) is 6.42 Å². The van der Waals surface area contributed by atoms with Gasteiger partial charge in [-0.2, -0.15) is 5.56 Å². The molecule has 2 rings (SSSR count). The first-order valence-corrected chi connectivity index (χ1v) is 4.10. The Bertz CT molecular complexity index is 297. The minimum Gasteiger partial charge on any atom is -1.00 e. The minimum atomic E-state index is 0. The van der Waals surface area contributed by atoms with Gasteiger partial charge < -0.3 is 34.0 Å². The van der Waals surface area contributed by atoms with Crippen molar-refractivity contribution in [3.05, 3.63) is 41.5 Å². The second-order valence-electron chi connectivity index (χ2n) is 2.90. The molecule has 0 spiro atoms. The number of hydrogen-bond acceptors (Lipinski definition) is 0. The van der Waals surface area contributed by atoms with Gasteiger partial charge in [-0.1, -0.05) is 37.5 Å². The smallest absolute Gasteiger partial charge is 1.00 e. The van der Waals surface area contributed by atoms with Crippen molar-refractivity contribution in [2.24, 2.45) is 0 Å². The number of benzene rings is 1. The van der Waals surface area contributed by atoms with Crippen LogP contribution in [0, 0.1) is 6.08 Å². The average Bonchev–Trinajstić information content (AvgIpc) is 2.47. The molecular weight excluding hydrogens is 383 g/mol. The molecule has 3 heteroatoms. The number of fused-ring (bicyclic) bond motifs is 1. The van der Waals surface area contributed by atoms with Gasteiger partial charge in [-0.15, -0.1) is 11.6 Å². The molecule has 1 aliphatic rings. The minimum absolute atomic E-state index is 0. The van der Waals surface area contributed by atoms with Gasteiger partial charge in [0, 0.05) is 0 Å². The third-order valence-electron chi connectivity index (χ3n) is 2.22. The Labute approximate surface area is 126 Å². The van der Waals surface area contributed by atoms with Crippen molar-refractivity contribution in [3.63, 3.8) is 0 Å². The first-order chi connectivity index (χ1) is 5.42. The van der Waals surface area contributed by atoms with E-state index in [1.165, 1.54) is 11.1 Å². The maximum Gasteiger partial charge on any atom is 3.00 e. The summed E-state index contributed by atoms with van der Waals surface area (Å²) >= 11 is 0. The molecule has 0 amide bonds. The molecule has 0 nitrogen and oxygen atoms in total. The quantitative estimate of drug-likeness (QED) is 0.446. The maximum absolute atomic E-state index is 3.35. The molecule has 73 valence electrons. The zero-order valence-corrected chi connectivity index (χ0v) is 13.6. The van der Waals surface area contributed by atoms with E-state index in [-0.39, 0.29) is 60.2 Å². The first-order valence-electron chi connectivity index (χ1n) is 4.10. The van der Waals surface area contributed by atoms with Crippen molar-refractivity contribution in [3.8, 4) is 0 Å². The maximum atomic E-state index is 3.35. The van der Waals surface area contributed by atoms with Gasteiger partial charge in [0.25, 0.3) is 0 Å². The summed E-state index contributed by atoms with van der Waals surface area (Å²) in [5, 5.41) is 0. The molecule has 0 aliphatic heterocycles. The average molecular weight is 394 g/mol. The molecule has 0 saturated carbocycles. The Balaban J connectivity index is 0. The van der Waals surface area contributed by atoms with Crippen LogP contribution in [0.2, 0.25) is 0 Å². The predicted octanol–water partition coefficient (Wildman–Crippen LogP) is -2.98. The summed E-state index contributed by atoms with van der Waals surface area (Å²) in [6.07, 6.45) is 6.61. The van der Waals surface area contributed by atoms with Crippen LogP contribution in [0.25, 0.3) is 6.08 Å². The predicted molar refractivity (Wildman–Crippen MR) is 47.2 cm³/mol. The van der Waals surface area contributed by atoms with E-state index in [1.54, 1.807) is 0 Å². The van der Waals surface area contributed by atoms with Gasteiger partial charge in [-0.3, -0.25) is 6.08 Å². The number of hydrogen-bond donors (Lipinski definition) is 0. The molecule has 0 saturated heterocycles.